The molecule has 0 aliphatic carbocycles. The lowest BCUT2D eigenvalue weighted by atomic mass is 10.2. The number of hydrogen-bond donors (Lipinski definition) is 3. The number of phenols is 1. The van der Waals surface area contributed by atoms with E-state index >= 15 is 0 Å². The van der Waals surface area contributed by atoms with Gasteiger partial charge < -0.3 is 25.0 Å². The molecule has 0 saturated carbocycles. The number of aliphatic hydroxyl groups excluding tert-OH is 1. The third kappa shape index (κ3) is 5.35. The van der Waals surface area contributed by atoms with Gasteiger partial charge in [0, 0.05) is 18.7 Å². The monoisotopic (exact) mass is 255 g/mol. The molecule has 0 radical (unpaired) electrons. The minimum absolute atomic E-state index is 0.0606. The summed E-state index contributed by atoms with van der Waals surface area (Å²) in [5.41, 5.74) is 0.811. The summed E-state index contributed by atoms with van der Waals surface area (Å²) in [6, 6.07) is 5.16. The number of benzene rings is 1. The van der Waals surface area contributed by atoms with Crippen molar-refractivity contribution in [3.8, 4) is 11.5 Å². The first kappa shape index (κ1) is 14.8. The van der Waals surface area contributed by atoms with Crippen LogP contribution in [-0.4, -0.2) is 43.7 Å². The fourth-order valence-corrected chi connectivity index (χ4v) is 1.52. The maximum Gasteiger partial charge on any atom is 0.120 e. The average molecular weight is 255 g/mol. The molecule has 1 aromatic carbocycles. The van der Waals surface area contributed by atoms with E-state index in [0.29, 0.717) is 19.8 Å². The van der Waals surface area contributed by atoms with Gasteiger partial charge in [-0.1, -0.05) is 0 Å². The van der Waals surface area contributed by atoms with E-state index < -0.39 is 0 Å². The molecule has 0 saturated heterocycles. The van der Waals surface area contributed by atoms with Gasteiger partial charge in [0.25, 0.3) is 0 Å². The molecule has 5 nitrogen and oxygen atoms in total. The Kier molecular flexibility index (Phi) is 7.17. The Hall–Kier alpha value is -1.30. The molecule has 3 N–H and O–H groups in total. The lowest BCUT2D eigenvalue weighted by molar-refractivity contribution is 0.0907. The zero-order valence-corrected chi connectivity index (χ0v) is 10.7. The van der Waals surface area contributed by atoms with Crippen LogP contribution in [0.1, 0.15) is 12.0 Å². The second-order valence-corrected chi connectivity index (χ2v) is 3.86. The smallest absolute Gasteiger partial charge is 0.120 e. The fourth-order valence-electron chi connectivity index (χ4n) is 1.52. The van der Waals surface area contributed by atoms with Gasteiger partial charge in [0.1, 0.15) is 11.5 Å². The third-order valence-electron chi connectivity index (χ3n) is 2.48. The van der Waals surface area contributed by atoms with Gasteiger partial charge in [-0.05, 0) is 31.2 Å². The molecule has 0 aliphatic rings. The Morgan fingerprint density at radius 3 is 2.83 bits per heavy atom. The number of nitrogens with one attached hydrogen (secondary N) is 1. The van der Waals surface area contributed by atoms with Crippen molar-refractivity contribution in [2.24, 2.45) is 0 Å². The van der Waals surface area contributed by atoms with Crippen LogP contribution in [0.5, 0.6) is 11.5 Å². The van der Waals surface area contributed by atoms with Crippen LogP contribution in [0.25, 0.3) is 0 Å². The van der Waals surface area contributed by atoms with Crippen LogP contribution >= 0.6 is 0 Å². The molecular formula is C13H21NO4. The highest BCUT2D eigenvalue weighted by Gasteiger charge is 2.02. The van der Waals surface area contributed by atoms with Crippen molar-refractivity contribution in [3.63, 3.8) is 0 Å². The number of ether oxygens (including phenoxy) is 2. The van der Waals surface area contributed by atoms with E-state index in [9.17, 15) is 5.11 Å². The second-order valence-electron chi connectivity index (χ2n) is 3.86. The quantitative estimate of drug-likeness (QED) is 0.572. The Labute approximate surface area is 107 Å². The Balaban J connectivity index is 2.22. The molecule has 5 heteroatoms. The van der Waals surface area contributed by atoms with Crippen molar-refractivity contribution in [2.75, 3.05) is 33.5 Å². The van der Waals surface area contributed by atoms with Gasteiger partial charge in [-0.15, -0.1) is 0 Å². The topological polar surface area (TPSA) is 71.0 Å². The van der Waals surface area contributed by atoms with Crippen molar-refractivity contribution < 1.29 is 19.7 Å². The zero-order valence-electron chi connectivity index (χ0n) is 10.7. The predicted octanol–water partition coefficient (Wildman–Crippen LogP) is 0.889. The van der Waals surface area contributed by atoms with Gasteiger partial charge in [0.05, 0.1) is 20.3 Å². The molecule has 0 spiro atoms. The molecule has 0 aromatic heterocycles. The molecule has 0 fully saturated rings. The van der Waals surface area contributed by atoms with E-state index in [1.54, 1.807) is 19.2 Å². The van der Waals surface area contributed by atoms with Crippen LogP contribution in [0, 0.1) is 0 Å². The van der Waals surface area contributed by atoms with E-state index in [4.69, 9.17) is 14.6 Å². The van der Waals surface area contributed by atoms with E-state index in [2.05, 4.69) is 5.32 Å². The summed E-state index contributed by atoms with van der Waals surface area (Å²) < 4.78 is 10.2. The number of aliphatic hydroxyl groups is 1. The summed E-state index contributed by atoms with van der Waals surface area (Å²) in [5, 5.41) is 21.4. The Bertz CT molecular complexity index is 344. The number of phenolic OH excluding ortho intramolecular Hbond substituents is 1. The van der Waals surface area contributed by atoms with Crippen molar-refractivity contribution in [2.45, 2.75) is 13.0 Å². The van der Waals surface area contributed by atoms with Gasteiger partial charge >= 0.3 is 0 Å². The Morgan fingerprint density at radius 1 is 1.28 bits per heavy atom. The van der Waals surface area contributed by atoms with Crippen molar-refractivity contribution in [1.29, 1.82) is 0 Å². The standard InChI is InChI=1S/C13H21NO4/c1-17-12-3-4-13(16)11(9-12)10-14-5-2-7-18-8-6-15/h3-4,9,14-16H,2,5-8,10H2,1H3. The lowest BCUT2D eigenvalue weighted by Crippen LogP contribution is -2.17. The SMILES string of the molecule is COc1ccc(O)c(CNCCCOCCO)c1. The van der Waals surface area contributed by atoms with Gasteiger partial charge in [-0.25, -0.2) is 0 Å². The molecule has 0 unspecified atom stereocenters. The summed E-state index contributed by atoms with van der Waals surface area (Å²) in [6.07, 6.45) is 0.866. The Morgan fingerprint density at radius 2 is 2.11 bits per heavy atom. The maximum absolute atomic E-state index is 9.66. The van der Waals surface area contributed by atoms with Crippen LogP contribution in [0.4, 0.5) is 0 Å². The fraction of sp³-hybridized carbons (Fsp3) is 0.538. The van der Waals surface area contributed by atoms with Gasteiger partial charge in [0.15, 0.2) is 0 Å². The molecule has 0 bridgehead atoms. The predicted molar refractivity (Wildman–Crippen MR) is 68.9 cm³/mol. The highest BCUT2D eigenvalue weighted by molar-refractivity contribution is 5.39. The highest BCUT2D eigenvalue weighted by atomic mass is 16.5. The van der Waals surface area contributed by atoms with Crippen molar-refractivity contribution in [1.82, 2.24) is 5.32 Å². The first-order valence-corrected chi connectivity index (χ1v) is 6.03. The molecule has 1 rings (SSSR count). The van der Waals surface area contributed by atoms with E-state index in [1.165, 1.54) is 0 Å². The number of methoxy groups -OCH3 is 1. The summed E-state index contributed by atoms with van der Waals surface area (Å²) in [7, 11) is 1.60. The number of aromatic hydroxyl groups is 1. The summed E-state index contributed by atoms with van der Waals surface area (Å²) in [5.74, 6) is 0.996. The summed E-state index contributed by atoms with van der Waals surface area (Å²) >= 11 is 0. The molecule has 0 heterocycles. The number of rotatable bonds is 9. The van der Waals surface area contributed by atoms with Gasteiger partial charge in [0.2, 0.25) is 0 Å². The normalized spacial score (nSPS) is 10.6. The van der Waals surface area contributed by atoms with Crippen LogP contribution in [0.2, 0.25) is 0 Å². The van der Waals surface area contributed by atoms with E-state index in [0.717, 1.165) is 24.3 Å². The molecule has 18 heavy (non-hydrogen) atoms. The molecule has 0 amide bonds. The first-order valence-electron chi connectivity index (χ1n) is 6.03. The average Bonchev–Trinajstić information content (AvgIpc) is 2.39. The van der Waals surface area contributed by atoms with Crippen LogP contribution in [0.15, 0.2) is 18.2 Å². The molecule has 1 aromatic rings. The largest absolute Gasteiger partial charge is 0.508 e. The van der Waals surface area contributed by atoms with Crippen molar-refractivity contribution in [3.05, 3.63) is 23.8 Å². The molecule has 0 atom stereocenters. The molecule has 0 aliphatic heterocycles. The summed E-state index contributed by atoms with van der Waals surface area (Å²) in [6.45, 7) is 2.45. The van der Waals surface area contributed by atoms with Crippen LogP contribution in [-0.2, 0) is 11.3 Å². The lowest BCUT2D eigenvalue weighted by Gasteiger charge is -2.09. The first-order chi connectivity index (χ1) is 8.77. The minimum Gasteiger partial charge on any atom is -0.508 e. The highest BCUT2D eigenvalue weighted by Crippen LogP contribution is 2.22. The van der Waals surface area contributed by atoms with Crippen molar-refractivity contribution >= 4 is 0 Å². The minimum atomic E-state index is 0.0606. The van der Waals surface area contributed by atoms with E-state index in [1.807, 2.05) is 6.07 Å². The number of hydrogen-bond acceptors (Lipinski definition) is 5. The molecule has 102 valence electrons. The maximum atomic E-state index is 9.66. The van der Waals surface area contributed by atoms with Crippen LogP contribution < -0.4 is 10.1 Å². The second kappa shape index (κ2) is 8.74. The van der Waals surface area contributed by atoms with Crippen LogP contribution in [0.3, 0.4) is 0 Å². The zero-order chi connectivity index (χ0) is 13.2. The molecular weight excluding hydrogens is 234 g/mol. The third-order valence-corrected chi connectivity index (χ3v) is 2.48. The van der Waals surface area contributed by atoms with E-state index in [-0.39, 0.29) is 12.4 Å². The van der Waals surface area contributed by atoms with Gasteiger partial charge in [-0.2, -0.15) is 0 Å². The summed E-state index contributed by atoms with van der Waals surface area (Å²) in [4.78, 5) is 0. The van der Waals surface area contributed by atoms with Gasteiger partial charge in [-0.3, -0.25) is 0 Å².